The molecule has 1 saturated heterocycles. The van der Waals surface area contributed by atoms with E-state index in [1.807, 2.05) is 0 Å². The monoisotopic (exact) mass is 297 g/mol. The molecular formula is C10H11ClF3N3S. The standard InChI is InChI=1S/C10H11ClF3N3S/c1-17(6-2-3-18-5-6)8-4-7(11)15-9(16-8)10(12,13)14/h4,6H,2-3,5H2,1H3. The van der Waals surface area contributed by atoms with Gasteiger partial charge in [-0.3, -0.25) is 0 Å². The fourth-order valence-corrected chi connectivity index (χ4v) is 3.17. The zero-order valence-corrected chi connectivity index (χ0v) is 11.1. The molecule has 1 unspecified atom stereocenters. The van der Waals surface area contributed by atoms with Crippen LogP contribution in [0.3, 0.4) is 0 Å². The maximum atomic E-state index is 12.6. The van der Waals surface area contributed by atoms with E-state index in [0.717, 1.165) is 17.9 Å². The van der Waals surface area contributed by atoms with Gasteiger partial charge in [-0.2, -0.15) is 24.9 Å². The first-order valence-electron chi connectivity index (χ1n) is 5.30. The summed E-state index contributed by atoms with van der Waals surface area (Å²) >= 11 is 7.40. The second-order valence-electron chi connectivity index (χ2n) is 4.00. The Labute approximate surface area is 112 Å². The van der Waals surface area contributed by atoms with E-state index in [0.29, 0.717) is 0 Å². The SMILES string of the molecule is CN(c1cc(Cl)nc(C(F)(F)F)n1)C1CCSC1. The van der Waals surface area contributed by atoms with Crippen molar-refractivity contribution in [1.82, 2.24) is 9.97 Å². The van der Waals surface area contributed by atoms with E-state index in [1.54, 1.807) is 23.7 Å². The van der Waals surface area contributed by atoms with Crippen molar-refractivity contribution in [2.45, 2.75) is 18.6 Å². The Kier molecular flexibility index (Phi) is 3.91. The summed E-state index contributed by atoms with van der Waals surface area (Å²) in [7, 11) is 1.73. The van der Waals surface area contributed by atoms with Crippen molar-refractivity contribution < 1.29 is 13.2 Å². The number of halogens is 4. The lowest BCUT2D eigenvalue weighted by molar-refractivity contribution is -0.144. The van der Waals surface area contributed by atoms with E-state index in [4.69, 9.17) is 11.6 Å². The summed E-state index contributed by atoms with van der Waals surface area (Å²) in [6.07, 6.45) is -3.64. The number of thioether (sulfide) groups is 1. The average Bonchev–Trinajstić information content (AvgIpc) is 2.79. The summed E-state index contributed by atoms with van der Waals surface area (Å²) in [5.41, 5.74) is 0. The van der Waals surface area contributed by atoms with Crippen LogP contribution in [0.2, 0.25) is 5.15 Å². The third-order valence-corrected chi connectivity index (χ3v) is 4.09. The van der Waals surface area contributed by atoms with Crippen LogP contribution in [0.15, 0.2) is 6.07 Å². The van der Waals surface area contributed by atoms with Gasteiger partial charge in [0.25, 0.3) is 0 Å². The van der Waals surface area contributed by atoms with Crippen molar-refractivity contribution in [2.75, 3.05) is 23.5 Å². The second-order valence-corrected chi connectivity index (χ2v) is 5.54. The molecule has 0 bridgehead atoms. The van der Waals surface area contributed by atoms with Gasteiger partial charge in [-0.1, -0.05) is 11.6 Å². The predicted molar refractivity (Wildman–Crippen MR) is 66.2 cm³/mol. The van der Waals surface area contributed by atoms with Crippen LogP contribution >= 0.6 is 23.4 Å². The van der Waals surface area contributed by atoms with Gasteiger partial charge in [0.05, 0.1) is 0 Å². The molecular weight excluding hydrogens is 287 g/mol. The Morgan fingerprint density at radius 2 is 2.17 bits per heavy atom. The van der Waals surface area contributed by atoms with E-state index in [2.05, 4.69) is 9.97 Å². The van der Waals surface area contributed by atoms with E-state index < -0.39 is 12.0 Å². The second kappa shape index (κ2) is 5.13. The van der Waals surface area contributed by atoms with E-state index in [9.17, 15) is 13.2 Å². The normalized spacial score (nSPS) is 20.2. The fraction of sp³-hybridized carbons (Fsp3) is 0.600. The zero-order valence-electron chi connectivity index (χ0n) is 9.54. The molecule has 0 aromatic carbocycles. The highest BCUT2D eigenvalue weighted by Gasteiger charge is 2.36. The molecule has 0 amide bonds. The summed E-state index contributed by atoms with van der Waals surface area (Å²) in [6.45, 7) is 0. The van der Waals surface area contributed by atoms with Crippen molar-refractivity contribution in [2.24, 2.45) is 0 Å². The van der Waals surface area contributed by atoms with Crippen molar-refractivity contribution >= 4 is 29.2 Å². The van der Waals surface area contributed by atoms with Gasteiger partial charge >= 0.3 is 6.18 Å². The van der Waals surface area contributed by atoms with Crippen LogP contribution in [0.4, 0.5) is 19.0 Å². The quantitative estimate of drug-likeness (QED) is 0.785. The highest BCUT2D eigenvalue weighted by atomic mass is 35.5. The highest BCUT2D eigenvalue weighted by Crippen LogP contribution is 2.31. The lowest BCUT2D eigenvalue weighted by atomic mass is 10.2. The summed E-state index contributed by atoms with van der Waals surface area (Å²) in [4.78, 5) is 8.50. The van der Waals surface area contributed by atoms with Gasteiger partial charge in [-0.25, -0.2) is 9.97 Å². The zero-order chi connectivity index (χ0) is 13.3. The fourth-order valence-electron chi connectivity index (χ4n) is 1.73. The van der Waals surface area contributed by atoms with Gasteiger partial charge in [-0.05, 0) is 12.2 Å². The van der Waals surface area contributed by atoms with E-state index in [-0.39, 0.29) is 17.0 Å². The predicted octanol–water partition coefficient (Wildman–Crippen LogP) is 3.09. The van der Waals surface area contributed by atoms with Crippen LogP contribution in [0, 0.1) is 0 Å². The minimum atomic E-state index is -4.58. The third kappa shape index (κ3) is 3.00. The molecule has 1 aromatic rings. The number of nitrogens with zero attached hydrogens (tertiary/aromatic N) is 3. The van der Waals surface area contributed by atoms with Gasteiger partial charge in [0.15, 0.2) is 0 Å². The molecule has 100 valence electrons. The van der Waals surface area contributed by atoms with Crippen molar-refractivity contribution in [3.8, 4) is 0 Å². The molecule has 0 spiro atoms. The molecule has 0 N–H and O–H groups in total. The number of alkyl halides is 3. The smallest absolute Gasteiger partial charge is 0.356 e. The summed E-state index contributed by atoms with van der Waals surface area (Å²) in [5, 5.41) is -0.190. The molecule has 1 aromatic heterocycles. The molecule has 2 rings (SSSR count). The van der Waals surface area contributed by atoms with Crippen molar-refractivity contribution in [1.29, 1.82) is 0 Å². The lowest BCUT2D eigenvalue weighted by Gasteiger charge is -2.25. The molecule has 1 aliphatic rings. The number of aromatic nitrogens is 2. The van der Waals surface area contributed by atoms with Gasteiger partial charge in [0.1, 0.15) is 11.0 Å². The Morgan fingerprint density at radius 3 is 2.72 bits per heavy atom. The van der Waals surface area contributed by atoms with E-state index >= 15 is 0 Å². The van der Waals surface area contributed by atoms with Crippen LogP contribution in [-0.2, 0) is 6.18 Å². The molecule has 0 saturated carbocycles. The van der Waals surface area contributed by atoms with E-state index in [1.165, 1.54) is 6.07 Å². The van der Waals surface area contributed by atoms with Crippen LogP contribution in [0.5, 0.6) is 0 Å². The molecule has 8 heteroatoms. The Balaban J connectivity index is 2.29. The molecule has 0 aliphatic carbocycles. The molecule has 1 atom stereocenters. The largest absolute Gasteiger partial charge is 0.451 e. The van der Waals surface area contributed by atoms with Crippen LogP contribution in [0.25, 0.3) is 0 Å². The number of anilines is 1. The van der Waals surface area contributed by atoms with Crippen molar-refractivity contribution in [3.63, 3.8) is 0 Å². The van der Waals surface area contributed by atoms with Gasteiger partial charge in [0.2, 0.25) is 5.82 Å². The van der Waals surface area contributed by atoms with Crippen LogP contribution in [0.1, 0.15) is 12.2 Å². The molecule has 18 heavy (non-hydrogen) atoms. The average molecular weight is 298 g/mol. The Morgan fingerprint density at radius 1 is 1.44 bits per heavy atom. The summed E-state index contributed by atoms with van der Waals surface area (Å²) < 4.78 is 37.7. The van der Waals surface area contributed by atoms with Gasteiger partial charge in [0, 0.05) is 24.9 Å². The van der Waals surface area contributed by atoms with Gasteiger partial charge in [-0.15, -0.1) is 0 Å². The lowest BCUT2D eigenvalue weighted by Crippen LogP contribution is -2.32. The minimum Gasteiger partial charge on any atom is -0.356 e. The Hall–Kier alpha value is -0.690. The topological polar surface area (TPSA) is 29.0 Å². The first kappa shape index (κ1) is 13.7. The Bertz CT molecular complexity index is 435. The molecule has 3 nitrogen and oxygen atoms in total. The van der Waals surface area contributed by atoms with Crippen LogP contribution < -0.4 is 4.90 Å². The number of rotatable bonds is 2. The third-order valence-electron chi connectivity index (χ3n) is 2.75. The first-order chi connectivity index (χ1) is 8.38. The highest BCUT2D eigenvalue weighted by molar-refractivity contribution is 7.99. The van der Waals surface area contributed by atoms with Crippen molar-refractivity contribution in [3.05, 3.63) is 17.0 Å². The maximum absolute atomic E-state index is 12.6. The molecule has 1 fully saturated rings. The van der Waals surface area contributed by atoms with Crippen LogP contribution in [-0.4, -0.2) is 34.6 Å². The summed E-state index contributed by atoms with van der Waals surface area (Å²) in [5.74, 6) is 0.928. The molecule has 1 aliphatic heterocycles. The molecule has 0 radical (unpaired) electrons. The number of hydrogen-bond acceptors (Lipinski definition) is 4. The summed E-state index contributed by atoms with van der Waals surface area (Å²) in [6, 6.07) is 1.56. The number of hydrogen-bond donors (Lipinski definition) is 0. The first-order valence-corrected chi connectivity index (χ1v) is 6.83. The van der Waals surface area contributed by atoms with Gasteiger partial charge < -0.3 is 4.90 Å². The maximum Gasteiger partial charge on any atom is 0.451 e. The minimum absolute atomic E-state index is 0.190. The molecule has 2 heterocycles.